The third-order valence-electron chi connectivity index (χ3n) is 4.10. The zero-order valence-electron chi connectivity index (χ0n) is 13.8. The Balaban J connectivity index is 1.59. The number of benzene rings is 1. The van der Waals surface area contributed by atoms with Crippen molar-refractivity contribution in [1.82, 2.24) is 4.98 Å². The van der Waals surface area contributed by atoms with Gasteiger partial charge >= 0.3 is 5.97 Å². The van der Waals surface area contributed by atoms with E-state index in [1.165, 1.54) is 17.7 Å². The highest BCUT2D eigenvalue weighted by molar-refractivity contribution is 7.19. The molecule has 0 aliphatic carbocycles. The second-order valence-corrected chi connectivity index (χ2v) is 7.41. The van der Waals surface area contributed by atoms with Crippen LogP contribution >= 0.6 is 22.9 Å². The molecule has 0 radical (unpaired) electrons. The summed E-state index contributed by atoms with van der Waals surface area (Å²) in [5.41, 5.74) is 1.65. The highest BCUT2D eigenvalue weighted by Gasteiger charge is 2.25. The molecular weight excluding hydrogens is 374 g/mol. The number of esters is 1. The second kappa shape index (κ2) is 6.97. The van der Waals surface area contributed by atoms with E-state index < -0.39 is 5.92 Å². The minimum Gasteiger partial charge on any atom is -0.464 e. The van der Waals surface area contributed by atoms with Gasteiger partial charge in [0.05, 0.1) is 21.4 Å². The standard InChI is InChI=1S/C19H14ClNO4S/c1-2-13(11-3-4-14-12(9-11)7-8-23-14)19(22)25-18-17(24-10-21-18)15-5-6-16(20)26-15/h3-10,13H,2H2,1H3. The van der Waals surface area contributed by atoms with Crippen molar-refractivity contribution in [1.29, 1.82) is 0 Å². The van der Waals surface area contributed by atoms with Crippen molar-refractivity contribution in [2.75, 3.05) is 0 Å². The Morgan fingerprint density at radius 1 is 1.27 bits per heavy atom. The predicted octanol–water partition coefficient (Wildman–Crippen LogP) is 5.90. The molecule has 3 aromatic heterocycles. The molecule has 0 N–H and O–H groups in total. The first kappa shape index (κ1) is 16.9. The second-order valence-electron chi connectivity index (χ2n) is 5.69. The third-order valence-corrected chi connectivity index (χ3v) is 5.33. The van der Waals surface area contributed by atoms with Crippen LogP contribution in [-0.2, 0) is 4.79 Å². The smallest absolute Gasteiger partial charge is 0.320 e. The lowest BCUT2D eigenvalue weighted by Gasteiger charge is -2.13. The van der Waals surface area contributed by atoms with Gasteiger partial charge < -0.3 is 13.6 Å². The van der Waals surface area contributed by atoms with Gasteiger partial charge in [-0.1, -0.05) is 24.6 Å². The lowest BCUT2D eigenvalue weighted by molar-refractivity contribution is -0.136. The first-order chi connectivity index (χ1) is 12.7. The van der Waals surface area contributed by atoms with Gasteiger partial charge in [0.15, 0.2) is 6.39 Å². The first-order valence-corrected chi connectivity index (χ1v) is 9.23. The molecule has 5 nitrogen and oxygen atoms in total. The zero-order valence-corrected chi connectivity index (χ0v) is 15.3. The van der Waals surface area contributed by atoms with Crippen LogP contribution in [0.1, 0.15) is 24.8 Å². The number of fused-ring (bicyclic) bond motifs is 1. The Kier molecular flexibility index (Phi) is 4.53. The molecular formula is C19H14ClNO4S. The Hall–Kier alpha value is -2.57. The number of carbonyl (C=O) groups is 1. The molecule has 132 valence electrons. The van der Waals surface area contributed by atoms with Gasteiger partial charge in [-0.3, -0.25) is 4.79 Å². The lowest BCUT2D eigenvalue weighted by Crippen LogP contribution is -2.18. The number of nitrogens with zero attached hydrogens (tertiary/aromatic N) is 1. The minimum atomic E-state index is -0.411. The Morgan fingerprint density at radius 2 is 2.15 bits per heavy atom. The minimum absolute atomic E-state index is 0.149. The lowest BCUT2D eigenvalue weighted by atomic mass is 9.95. The van der Waals surface area contributed by atoms with Crippen molar-refractivity contribution in [3.63, 3.8) is 0 Å². The Labute approximate surface area is 158 Å². The molecule has 0 spiro atoms. The fraction of sp³-hybridized carbons (Fsp3) is 0.158. The number of furan rings is 1. The van der Waals surface area contributed by atoms with Crippen LogP contribution < -0.4 is 4.74 Å². The van der Waals surface area contributed by atoms with Crippen LogP contribution in [0.15, 0.2) is 57.9 Å². The molecule has 1 atom stereocenters. The first-order valence-electron chi connectivity index (χ1n) is 8.03. The van der Waals surface area contributed by atoms with Crippen LogP contribution in [0.25, 0.3) is 21.6 Å². The molecule has 0 bridgehead atoms. The molecule has 1 unspecified atom stereocenters. The van der Waals surface area contributed by atoms with Gasteiger partial charge in [0.25, 0.3) is 5.88 Å². The summed E-state index contributed by atoms with van der Waals surface area (Å²) >= 11 is 7.30. The van der Waals surface area contributed by atoms with E-state index in [4.69, 9.17) is 25.2 Å². The van der Waals surface area contributed by atoms with E-state index >= 15 is 0 Å². The SMILES string of the molecule is CCC(C(=O)Oc1ncoc1-c1ccc(Cl)s1)c1ccc2occc2c1. The maximum absolute atomic E-state index is 12.8. The number of aromatic nitrogens is 1. The van der Waals surface area contributed by atoms with Gasteiger partial charge in [0.1, 0.15) is 5.58 Å². The summed E-state index contributed by atoms with van der Waals surface area (Å²) in [5, 5.41) is 0.948. The highest BCUT2D eigenvalue weighted by Crippen LogP contribution is 2.37. The summed E-state index contributed by atoms with van der Waals surface area (Å²) in [6.07, 6.45) is 3.48. The summed E-state index contributed by atoms with van der Waals surface area (Å²) in [4.78, 5) is 17.5. The molecule has 4 rings (SSSR count). The highest BCUT2D eigenvalue weighted by atomic mass is 35.5. The number of hydrogen-bond donors (Lipinski definition) is 0. The van der Waals surface area contributed by atoms with Crippen molar-refractivity contribution in [3.8, 4) is 16.5 Å². The fourth-order valence-corrected chi connectivity index (χ4v) is 3.84. The van der Waals surface area contributed by atoms with Gasteiger partial charge in [-0.25, -0.2) is 0 Å². The van der Waals surface area contributed by atoms with E-state index in [1.807, 2.05) is 31.2 Å². The van der Waals surface area contributed by atoms with E-state index in [-0.39, 0.29) is 11.8 Å². The number of rotatable bonds is 5. The van der Waals surface area contributed by atoms with E-state index in [1.54, 1.807) is 18.4 Å². The predicted molar refractivity (Wildman–Crippen MR) is 99.7 cm³/mol. The van der Waals surface area contributed by atoms with Crippen molar-refractivity contribution in [3.05, 3.63) is 59.0 Å². The van der Waals surface area contributed by atoms with Crippen molar-refractivity contribution < 1.29 is 18.4 Å². The largest absolute Gasteiger partial charge is 0.464 e. The zero-order chi connectivity index (χ0) is 18.1. The normalized spacial score (nSPS) is 12.4. The van der Waals surface area contributed by atoms with Crippen molar-refractivity contribution >= 4 is 39.9 Å². The molecule has 26 heavy (non-hydrogen) atoms. The number of ether oxygens (including phenoxy) is 1. The molecule has 4 aromatic rings. The maximum atomic E-state index is 12.8. The molecule has 7 heteroatoms. The van der Waals surface area contributed by atoms with Crippen LogP contribution in [0.5, 0.6) is 5.88 Å². The van der Waals surface area contributed by atoms with Gasteiger partial charge in [-0.15, -0.1) is 11.3 Å². The topological polar surface area (TPSA) is 65.5 Å². The fourth-order valence-electron chi connectivity index (χ4n) is 2.82. The van der Waals surface area contributed by atoms with Crippen molar-refractivity contribution in [2.45, 2.75) is 19.3 Å². The third kappa shape index (κ3) is 3.13. The number of thiophene rings is 1. The van der Waals surface area contributed by atoms with Gasteiger partial charge in [0.2, 0.25) is 5.76 Å². The molecule has 0 amide bonds. The van der Waals surface area contributed by atoms with Crippen LogP contribution in [0.4, 0.5) is 0 Å². The van der Waals surface area contributed by atoms with Gasteiger partial charge in [-0.2, -0.15) is 4.98 Å². The summed E-state index contributed by atoms with van der Waals surface area (Å²) in [5.74, 6) is -0.245. The van der Waals surface area contributed by atoms with Crippen LogP contribution in [0.2, 0.25) is 4.34 Å². The maximum Gasteiger partial charge on any atom is 0.320 e. The molecule has 3 heterocycles. The molecule has 0 aliphatic rings. The average Bonchev–Trinajstić information content (AvgIpc) is 3.35. The number of oxazole rings is 1. The van der Waals surface area contributed by atoms with E-state index in [0.29, 0.717) is 16.5 Å². The summed E-state index contributed by atoms with van der Waals surface area (Å²) in [6.45, 7) is 1.94. The van der Waals surface area contributed by atoms with Crippen LogP contribution in [0.3, 0.4) is 0 Å². The van der Waals surface area contributed by atoms with E-state index in [2.05, 4.69) is 4.98 Å². The number of halogens is 1. The Bertz CT molecular complexity index is 1060. The quantitative estimate of drug-likeness (QED) is 0.399. The summed E-state index contributed by atoms with van der Waals surface area (Å²) in [7, 11) is 0. The molecule has 0 saturated carbocycles. The molecule has 0 fully saturated rings. The number of hydrogen-bond acceptors (Lipinski definition) is 6. The monoisotopic (exact) mass is 387 g/mol. The van der Waals surface area contributed by atoms with Crippen LogP contribution in [-0.4, -0.2) is 11.0 Å². The summed E-state index contributed by atoms with van der Waals surface area (Å²) < 4.78 is 16.9. The Morgan fingerprint density at radius 3 is 2.92 bits per heavy atom. The van der Waals surface area contributed by atoms with Crippen LogP contribution in [0, 0.1) is 0 Å². The average molecular weight is 388 g/mol. The summed E-state index contributed by atoms with van der Waals surface area (Å²) in [6, 6.07) is 11.1. The van der Waals surface area contributed by atoms with Gasteiger partial charge in [0, 0.05) is 5.39 Å². The van der Waals surface area contributed by atoms with E-state index in [0.717, 1.165) is 21.4 Å². The number of carbonyl (C=O) groups excluding carboxylic acids is 1. The van der Waals surface area contributed by atoms with Gasteiger partial charge in [-0.05, 0) is 42.3 Å². The van der Waals surface area contributed by atoms with E-state index in [9.17, 15) is 4.79 Å². The van der Waals surface area contributed by atoms with Crippen molar-refractivity contribution in [2.24, 2.45) is 0 Å². The molecule has 0 aliphatic heterocycles. The molecule has 0 saturated heterocycles. The molecule has 1 aromatic carbocycles.